The van der Waals surface area contributed by atoms with E-state index in [0.717, 1.165) is 29.8 Å². The van der Waals surface area contributed by atoms with Crippen molar-refractivity contribution >= 4 is 27.9 Å². The number of aryl methyl sites for hydroxylation is 2. The van der Waals surface area contributed by atoms with Crippen molar-refractivity contribution in [2.75, 3.05) is 17.2 Å². The second-order valence-electron chi connectivity index (χ2n) is 6.91. The van der Waals surface area contributed by atoms with E-state index in [-0.39, 0.29) is 5.91 Å². The Morgan fingerprint density at radius 3 is 2.86 bits per heavy atom. The number of rotatable bonds is 7. The molecule has 28 heavy (non-hydrogen) atoms. The van der Waals surface area contributed by atoms with E-state index in [1.807, 2.05) is 50.5 Å². The number of aromatic nitrogens is 1. The zero-order chi connectivity index (χ0) is 19.5. The zero-order valence-corrected chi connectivity index (χ0v) is 17.1. The van der Waals surface area contributed by atoms with Crippen LogP contribution in [-0.4, -0.2) is 17.1 Å². The second kappa shape index (κ2) is 8.10. The Kier molecular flexibility index (Phi) is 5.39. The predicted octanol–water partition coefficient (Wildman–Crippen LogP) is 4.84. The molecule has 1 aromatic carbocycles. The van der Waals surface area contributed by atoms with Gasteiger partial charge in [-0.1, -0.05) is 12.1 Å². The molecule has 2 aromatic heterocycles. The Labute approximate surface area is 169 Å². The average molecular weight is 396 g/mol. The van der Waals surface area contributed by atoms with E-state index in [1.54, 1.807) is 11.3 Å². The van der Waals surface area contributed by atoms with Gasteiger partial charge >= 0.3 is 0 Å². The Morgan fingerprint density at radius 1 is 1.21 bits per heavy atom. The van der Waals surface area contributed by atoms with E-state index in [9.17, 15) is 4.79 Å². The van der Waals surface area contributed by atoms with Gasteiger partial charge in [-0.2, -0.15) is 0 Å². The minimum atomic E-state index is -0.0686. The Balaban J connectivity index is 1.59. The fourth-order valence-electron chi connectivity index (χ4n) is 3.66. The first kappa shape index (κ1) is 18.6. The van der Waals surface area contributed by atoms with E-state index in [1.165, 1.54) is 16.1 Å². The molecule has 0 aliphatic heterocycles. The van der Waals surface area contributed by atoms with Gasteiger partial charge in [0.05, 0.1) is 24.4 Å². The Morgan fingerprint density at radius 2 is 2.07 bits per heavy atom. The highest BCUT2D eigenvalue weighted by molar-refractivity contribution is 7.16. The van der Waals surface area contributed by atoms with Crippen LogP contribution in [0.4, 0.5) is 10.7 Å². The summed E-state index contributed by atoms with van der Waals surface area (Å²) in [5, 5.41) is 7.52. The van der Waals surface area contributed by atoms with Gasteiger partial charge in [-0.05, 0) is 56.0 Å². The highest BCUT2D eigenvalue weighted by Gasteiger charge is 2.27. The van der Waals surface area contributed by atoms with Gasteiger partial charge < -0.3 is 19.9 Å². The number of nitrogens with one attached hydrogen (secondary N) is 2. The van der Waals surface area contributed by atoms with Crippen molar-refractivity contribution in [3.8, 4) is 5.75 Å². The SMILES string of the molecule is CCOc1ccccc1NC(=O)c1c(NCc2cccn2C)sc2c1CCC2. The quantitative estimate of drug-likeness (QED) is 0.602. The molecule has 1 aliphatic rings. The van der Waals surface area contributed by atoms with Crippen molar-refractivity contribution in [2.45, 2.75) is 32.7 Å². The van der Waals surface area contributed by atoms with Gasteiger partial charge in [-0.15, -0.1) is 11.3 Å². The molecule has 6 heteroatoms. The van der Waals surface area contributed by atoms with Crippen molar-refractivity contribution < 1.29 is 9.53 Å². The lowest BCUT2D eigenvalue weighted by molar-refractivity contribution is 0.102. The normalized spacial score (nSPS) is 12.6. The van der Waals surface area contributed by atoms with Crippen LogP contribution in [0.2, 0.25) is 0 Å². The maximum absolute atomic E-state index is 13.2. The number of ether oxygens (including phenoxy) is 1. The molecule has 1 aliphatic carbocycles. The van der Waals surface area contributed by atoms with Crippen LogP contribution in [0.25, 0.3) is 0 Å². The van der Waals surface area contributed by atoms with Crippen LogP contribution in [0.5, 0.6) is 5.75 Å². The number of anilines is 2. The van der Waals surface area contributed by atoms with Crippen molar-refractivity contribution in [3.05, 3.63) is 64.3 Å². The summed E-state index contributed by atoms with van der Waals surface area (Å²) in [6.07, 6.45) is 5.17. The molecule has 0 bridgehead atoms. The molecule has 1 amide bonds. The predicted molar refractivity (Wildman–Crippen MR) is 115 cm³/mol. The number of hydrogen-bond acceptors (Lipinski definition) is 4. The first-order chi connectivity index (χ1) is 13.7. The van der Waals surface area contributed by atoms with Crippen LogP contribution in [0.1, 0.15) is 39.8 Å². The number of fused-ring (bicyclic) bond motifs is 1. The molecule has 146 valence electrons. The lowest BCUT2D eigenvalue weighted by Gasteiger charge is -2.13. The summed E-state index contributed by atoms with van der Waals surface area (Å²) in [5.74, 6) is 0.629. The first-order valence-corrected chi connectivity index (χ1v) is 10.5. The fraction of sp³-hybridized carbons (Fsp3) is 0.318. The van der Waals surface area contributed by atoms with Crippen molar-refractivity contribution in [2.24, 2.45) is 7.05 Å². The summed E-state index contributed by atoms with van der Waals surface area (Å²) < 4.78 is 7.75. The number of nitrogens with zero attached hydrogens (tertiary/aromatic N) is 1. The molecule has 2 heterocycles. The third kappa shape index (κ3) is 3.64. The summed E-state index contributed by atoms with van der Waals surface area (Å²) in [6, 6.07) is 11.7. The van der Waals surface area contributed by atoms with Gasteiger partial charge in [0.2, 0.25) is 0 Å². The van der Waals surface area contributed by atoms with Crippen molar-refractivity contribution in [1.82, 2.24) is 4.57 Å². The van der Waals surface area contributed by atoms with E-state index >= 15 is 0 Å². The van der Waals surface area contributed by atoms with Crippen LogP contribution in [-0.2, 0) is 26.4 Å². The molecule has 2 N–H and O–H groups in total. The highest BCUT2D eigenvalue weighted by Crippen LogP contribution is 2.40. The second-order valence-corrected chi connectivity index (χ2v) is 8.01. The topological polar surface area (TPSA) is 55.3 Å². The third-order valence-electron chi connectivity index (χ3n) is 5.06. The molecule has 3 aromatic rings. The Bertz CT molecular complexity index is 990. The maximum Gasteiger partial charge on any atom is 0.259 e. The number of para-hydroxylation sites is 2. The molecule has 0 saturated heterocycles. The number of thiophene rings is 1. The maximum atomic E-state index is 13.2. The van der Waals surface area contributed by atoms with E-state index in [2.05, 4.69) is 21.3 Å². The van der Waals surface area contributed by atoms with Crippen LogP contribution in [0.15, 0.2) is 42.6 Å². The summed E-state index contributed by atoms with van der Waals surface area (Å²) in [7, 11) is 2.03. The largest absolute Gasteiger partial charge is 0.492 e. The molecule has 0 saturated carbocycles. The molecule has 0 radical (unpaired) electrons. The first-order valence-electron chi connectivity index (χ1n) is 9.69. The zero-order valence-electron chi connectivity index (χ0n) is 16.2. The number of amides is 1. The van der Waals surface area contributed by atoms with Crippen LogP contribution in [0.3, 0.4) is 0 Å². The summed E-state index contributed by atoms with van der Waals surface area (Å²) >= 11 is 1.72. The summed E-state index contributed by atoms with van der Waals surface area (Å²) in [6.45, 7) is 3.19. The number of benzene rings is 1. The van der Waals surface area contributed by atoms with Crippen LogP contribution >= 0.6 is 11.3 Å². The van der Waals surface area contributed by atoms with Crippen LogP contribution in [0, 0.1) is 0 Å². The molecule has 4 rings (SSSR count). The average Bonchev–Trinajstić information content (AvgIpc) is 3.37. The van der Waals surface area contributed by atoms with Gasteiger partial charge in [0, 0.05) is 23.8 Å². The third-order valence-corrected chi connectivity index (χ3v) is 6.31. The minimum Gasteiger partial charge on any atom is -0.492 e. The molecule has 0 atom stereocenters. The van der Waals surface area contributed by atoms with Crippen molar-refractivity contribution in [1.29, 1.82) is 0 Å². The smallest absolute Gasteiger partial charge is 0.259 e. The molecular formula is C22H25N3O2S. The van der Waals surface area contributed by atoms with Crippen molar-refractivity contribution in [3.63, 3.8) is 0 Å². The highest BCUT2D eigenvalue weighted by atomic mass is 32.1. The van der Waals surface area contributed by atoms with E-state index in [4.69, 9.17) is 4.74 Å². The summed E-state index contributed by atoms with van der Waals surface area (Å²) in [5.41, 5.74) is 3.88. The molecular weight excluding hydrogens is 370 g/mol. The van der Waals surface area contributed by atoms with Gasteiger partial charge in [0.15, 0.2) is 0 Å². The van der Waals surface area contributed by atoms with Gasteiger partial charge in [0.25, 0.3) is 5.91 Å². The minimum absolute atomic E-state index is 0.0686. The fourth-order valence-corrected chi connectivity index (χ4v) is 4.94. The molecule has 5 nitrogen and oxygen atoms in total. The number of carbonyl (C=O) groups excluding carboxylic acids is 1. The van der Waals surface area contributed by atoms with Crippen LogP contribution < -0.4 is 15.4 Å². The number of hydrogen-bond donors (Lipinski definition) is 2. The van der Waals surface area contributed by atoms with Gasteiger partial charge in [0.1, 0.15) is 10.8 Å². The number of carbonyl (C=O) groups is 1. The molecule has 0 fully saturated rings. The van der Waals surface area contributed by atoms with E-state index in [0.29, 0.717) is 24.6 Å². The monoisotopic (exact) mass is 395 g/mol. The lowest BCUT2D eigenvalue weighted by Crippen LogP contribution is -2.16. The van der Waals surface area contributed by atoms with E-state index < -0.39 is 0 Å². The summed E-state index contributed by atoms with van der Waals surface area (Å²) in [4.78, 5) is 14.6. The van der Waals surface area contributed by atoms with Gasteiger partial charge in [-0.3, -0.25) is 4.79 Å². The van der Waals surface area contributed by atoms with Gasteiger partial charge in [-0.25, -0.2) is 0 Å². The standard InChI is InChI=1S/C22H25N3O2S/c1-3-27-18-11-5-4-10-17(18)24-21(26)20-16-9-6-12-19(16)28-22(20)23-14-15-8-7-13-25(15)2/h4-5,7-8,10-11,13,23H,3,6,9,12,14H2,1-2H3,(H,24,26). The molecule has 0 unspecified atom stereocenters. The molecule has 0 spiro atoms. The Hall–Kier alpha value is -2.73. The lowest BCUT2D eigenvalue weighted by atomic mass is 10.1.